The van der Waals surface area contributed by atoms with Crippen LogP contribution in [0.4, 0.5) is 5.69 Å². The third-order valence-electron chi connectivity index (χ3n) is 1.18. The summed E-state index contributed by atoms with van der Waals surface area (Å²) < 4.78 is 0. The smallest absolute Gasteiger partial charge is 1.00 e. The molecule has 0 aromatic carbocycles. The Bertz CT molecular complexity index is 179. The molecule has 0 unspecified atom stereocenters. The molecule has 0 aliphatic heterocycles. The topological polar surface area (TPSA) is 16.1 Å². The molecule has 0 N–H and O–H groups in total. The molecule has 1 heterocycles. The van der Waals surface area contributed by atoms with E-state index in [9.17, 15) is 0 Å². The Labute approximate surface area is 95.7 Å². The van der Waals surface area contributed by atoms with Crippen LogP contribution >= 0.6 is 0 Å². The first kappa shape index (κ1) is 13.8. The fourth-order valence-corrected chi connectivity index (χ4v) is 0.642. The van der Waals surface area contributed by atoms with E-state index in [1.165, 1.54) is 5.69 Å². The van der Waals surface area contributed by atoms with Gasteiger partial charge < -0.3 is 17.3 Å². The Hall–Kier alpha value is 0.240. The zero-order chi connectivity index (χ0) is 6.69. The zero-order valence-electron chi connectivity index (χ0n) is 7.08. The van der Waals surface area contributed by atoms with Crippen molar-refractivity contribution in [2.75, 3.05) is 19.0 Å². The maximum Gasteiger partial charge on any atom is 1.00 e. The number of nitrogens with zero attached hydrogens (tertiary/aromatic N) is 2. The molecule has 0 spiro atoms. The van der Waals surface area contributed by atoms with Crippen molar-refractivity contribution in [2.24, 2.45) is 0 Å². The van der Waals surface area contributed by atoms with Crippen LogP contribution in [0.2, 0.25) is 0 Å². The maximum absolute atomic E-state index is 3.90. The van der Waals surface area contributed by atoms with Gasteiger partial charge in [-0.1, -0.05) is 0 Å². The molecule has 0 aliphatic carbocycles. The first-order chi connectivity index (χ1) is 4.30. The molecule has 1 aromatic rings. The first-order valence-corrected chi connectivity index (χ1v) is 2.88. The molecule has 11 heavy (non-hydrogen) atoms. The molecule has 1 rings (SSSR count). The van der Waals surface area contributed by atoms with Gasteiger partial charge in [0, 0.05) is 32.2 Å². The normalized spacial score (nSPS) is 7.45. The van der Waals surface area contributed by atoms with Gasteiger partial charge in [-0.05, 0) is 12.1 Å². The van der Waals surface area contributed by atoms with Crippen molar-refractivity contribution in [3.8, 4) is 0 Å². The van der Waals surface area contributed by atoms with Crippen molar-refractivity contribution in [1.82, 2.24) is 4.98 Å². The summed E-state index contributed by atoms with van der Waals surface area (Å²) in [5.41, 5.74) is 1.19. The molecule has 0 aliphatic rings. The minimum Gasteiger partial charge on any atom is -1.00 e. The predicted molar refractivity (Wildman–Crippen MR) is 38.6 cm³/mol. The summed E-state index contributed by atoms with van der Waals surface area (Å²) in [6, 6.07) is 3.94. The van der Waals surface area contributed by atoms with Gasteiger partial charge in [0.05, 0.1) is 0 Å². The number of halogens is 1. The average molecular weight is 181 g/mol. The van der Waals surface area contributed by atoms with E-state index < -0.39 is 0 Å². The van der Waals surface area contributed by atoms with E-state index >= 15 is 0 Å². The number of rotatable bonds is 1. The third kappa shape index (κ3) is 4.64. The Kier molecular flexibility index (Phi) is 8.68. The van der Waals surface area contributed by atoms with Gasteiger partial charge in [-0.15, -0.1) is 0 Å². The van der Waals surface area contributed by atoms with Crippen LogP contribution < -0.4 is 46.9 Å². The molecule has 0 radical (unpaired) electrons. The van der Waals surface area contributed by atoms with E-state index in [2.05, 4.69) is 4.98 Å². The van der Waals surface area contributed by atoms with E-state index in [0.29, 0.717) is 0 Å². The Balaban J connectivity index is 0. The molecular weight excluding hydrogens is 171 g/mol. The monoisotopic (exact) mass is 180 g/mol. The second-order valence-electron chi connectivity index (χ2n) is 2.10. The van der Waals surface area contributed by atoms with Crippen molar-refractivity contribution in [3.63, 3.8) is 0 Å². The fraction of sp³-hybridized carbons (Fsp3) is 0.286. The summed E-state index contributed by atoms with van der Waals surface area (Å²) in [5.74, 6) is 0. The van der Waals surface area contributed by atoms with Gasteiger partial charge in [-0.3, -0.25) is 4.98 Å². The van der Waals surface area contributed by atoms with Crippen molar-refractivity contribution < 1.29 is 42.0 Å². The Morgan fingerprint density at radius 1 is 1.18 bits per heavy atom. The molecule has 0 amide bonds. The molecule has 2 nitrogen and oxygen atoms in total. The van der Waals surface area contributed by atoms with E-state index in [1.807, 2.05) is 31.1 Å². The third-order valence-corrected chi connectivity index (χ3v) is 1.18. The molecular formula is C7H10ClN2Na. The van der Waals surface area contributed by atoms with Crippen molar-refractivity contribution in [1.29, 1.82) is 0 Å². The summed E-state index contributed by atoms with van der Waals surface area (Å²) in [4.78, 5) is 5.94. The van der Waals surface area contributed by atoms with E-state index in [1.54, 1.807) is 12.4 Å². The maximum atomic E-state index is 3.90. The second-order valence-corrected chi connectivity index (χ2v) is 2.10. The van der Waals surface area contributed by atoms with Crippen molar-refractivity contribution >= 4 is 5.69 Å². The number of hydrogen-bond acceptors (Lipinski definition) is 2. The standard InChI is InChI=1S/C7H10N2.ClH.Na/c1-9(2)7-3-5-8-6-4-7;;/h3-6H,1-2H3;1H;/q;;+1/p-1. The number of pyridine rings is 1. The summed E-state index contributed by atoms with van der Waals surface area (Å²) in [5, 5.41) is 0. The van der Waals surface area contributed by atoms with Gasteiger partial charge in [-0.2, -0.15) is 0 Å². The number of hydrogen-bond donors (Lipinski definition) is 0. The number of aromatic nitrogens is 1. The minimum absolute atomic E-state index is 0. The van der Waals surface area contributed by atoms with E-state index in [4.69, 9.17) is 0 Å². The van der Waals surface area contributed by atoms with Gasteiger partial charge in [0.2, 0.25) is 0 Å². The van der Waals surface area contributed by atoms with Crippen molar-refractivity contribution in [3.05, 3.63) is 24.5 Å². The first-order valence-electron chi connectivity index (χ1n) is 2.88. The largest absolute Gasteiger partial charge is 1.00 e. The summed E-state index contributed by atoms with van der Waals surface area (Å²) in [7, 11) is 4.02. The quantitative estimate of drug-likeness (QED) is 0.403. The van der Waals surface area contributed by atoms with Crippen molar-refractivity contribution in [2.45, 2.75) is 0 Å². The van der Waals surface area contributed by atoms with Gasteiger partial charge in [0.15, 0.2) is 0 Å². The molecule has 0 atom stereocenters. The van der Waals surface area contributed by atoms with Crippen LogP contribution in [0.25, 0.3) is 0 Å². The van der Waals surface area contributed by atoms with E-state index in [-0.39, 0.29) is 42.0 Å². The van der Waals surface area contributed by atoms with Crippen LogP contribution in [0.3, 0.4) is 0 Å². The van der Waals surface area contributed by atoms with Crippen LogP contribution in [0.15, 0.2) is 24.5 Å². The predicted octanol–water partition coefficient (Wildman–Crippen LogP) is -4.84. The average Bonchev–Trinajstić information content (AvgIpc) is 1.90. The van der Waals surface area contributed by atoms with E-state index in [0.717, 1.165) is 0 Å². The van der Waals surface area contributed by atoms with Crippen LogP contribution in [0.1, 0.15) is 0 Å². The summed E-state index contributed by atoms with van der Waals surface area (Å²) in [6.07, 6.45) is 3.57. The zero-order valence-corrected chi connectivity index (χ0v) is 9.84. The minimum atomic E-state index is 0. The molecule has 0 saturated carbocycles. The molecule has 56 valence electrons. The van der Waals surface area contributed by atoms with Gasteiger partial charge in [0.1, 0.15) is 0 Å². The van der Waals surface area contributed by atoms with Crippen LogP contribution in [-0.4, -0.2) is 19.1 Å². The molecule has 0 bridgehead atoms. The van der Waals surface area contributed by atoms with Crippen LogP contribution in [-0.2, 0) is 0 Å². The van der Waals surface area contributed by atoms with Crippen LogP contribution in [0.5, 0.6) is 0 Å². The van der Waals surface area contributed by atoms with Crippen LogP contribution in [0, 0.1) is 0 Å². The molecule has 1 aromatic heterocycles. The van der Waals surface area contributed by atoms with Gasteiger partial charge in [-0.25, -0.2) is 0 Å². The van der Waals surface area contributed by atoms with Gasteiger partial charge >= 0.3 is 29.6 Å². The second kappa shape index (κ2) is 6.92. The molecule has 0 saturated heterocycles. The number of anilines is 1. The summed E-state index contributed by atoms with van der Waals surface area (Å²) in [6.45, 7) is 0. The molecule has 0 fully saturated rings. The Morgan fingerprint density at radius 3 is 1.91 bits per heavy atom. The SMILES string of the molecule is CN(C)c1ccncc1.[Cl-].[Na+]. The molecule has 4 heteroatoms. The fourth-order valence-electron chi connectivity index (χ4n) is 0.642. The summed E-state index contributed by atoms with van der Waals surface area (Å²) >= 11 is 0. The van der Waals surface area contributed by atoms with Gasteiger partial charge in [0.25, 0.3) is 0 Å². The Morgan fingerprint density at radius 2 is 1.64 bits per heavy atom.